The Morgan fingerprint density at radius 1 is 1.37 bits per heavy atom. The third-order valence-electron chi connectivity index (χ3n) is 2.93. The van der Waals surface area contributed by atoms with Crippen LogP contribution < -0.4 is 4.72 Å². The second kappa shape index (κ2) is 6.70. The third kappa shape index (κ3) is 4.45. The quantitative estimate of drug-likeness (QED) is 0.847. The zero-order chi connectivity index (χ0) is 14.6. The second-order valence-electron chi connectivity index (χ2n) is 4.92. The number of rotatable bonds is 6. The smallest absolute Gasteiger partial charge is 0.242 e. The maximum Gasteiger partial charge on any atom is 0.242 e. The first-order chi connectivity index (χ1) is 8.77. The van der Waals surface area contributed by atoms with Crippen LogP contribution in [0.3, 0.4) is 0 Å². The summed E-state index contributed by atoms with van der Waals surface area (Å²) in [5.74, 6) is 0.0890. The van der Waals surface area contributed by atoms with Gasteiger partial charge in [0.15, 0.2) is 0 Å². The zero-order valence-corrected chi connectivity index (χ0v) is 12.9. The van der Waals surface area contributed by atoms with Crippen LogP contribution in [0.4, 0.5) is 0 Å². The molecule has 0 aliphatic heterocycles. The van der Waals surface area contributed by atoms with Crippen LogP contribution in [0.2, 0.25) is 5.02 Å². The molecule has 0 saturated heterocycles. The number of hydrogen-bond donors (Lipinski definition) is 2. The number of aliphatic hydroxyl groups excluding tert-OH is 1. The first-order valence-electron chi connectivity index (χ1n) is 6.17. The van der Waals surface area contributed by atoms with Gasteiger partial charge in [-0.3, -0.25) is 0 Å². The van der Waals surface area contributed by atoms with E-state index >= 15 is 0 Å². The van der Waals surface area contributed by atoms with Crippen LogP contribution in [0, 0.1) is 12.8 Å². The van der Waals surface area contributed by atoms with Gasteiger partial charge in [0.05, 0.1) is 5.02 Å². The molecule has 1 aromatic carbocycles. The number of benzene rings is 1. The molecule has 108 valence electrons. The van der Waals surface area contributed by atoms with E-state index < -0.39 is 10.0 Å². The molecule has 0 spiro atoms. The number of hydrogen-bond acceptors (Lipinski definition) is 3. The van der Waals surface area contributed by atoms with Gasteiger partial charge in [-0.05, 0) is 37.0 Å². The summed E-state index contributed by atoms with van der Waals surface area (Å²) >= 11 is 5.99. The van der Waals surface area contributed by atoms with Gasteiger partial charge in [-0.2, -0.15) is 0 Å². The minimum atomic E-state index is -3.67. The second-order valence-corrected chi connectivity index (χ2v) is 7.01. The predicted molar refractivity (Wildman–Crippen MR) is 76.8 cm³/mol. The summed E-state index contributed by atoms with van der Waals surface area (Å²) in [6.07, 6.45) is 0.375. The Hall–Kier alpha value is -0.620. The van der Waals surface area contributed by atoms with Gasteiger partial charge in [-0.1, -0.05) is 31.5 Å². The lowest BCUT2D eigenvalue weighted by atomic mass is 10.0. The van der Waals surface area contributed by atoms with Crippen molar-refractivity contribution in [1.82, 2.24) is 4.72 Å². The van der Waals surface area contributed by atoms with Crippen LogP contribution in [-0.4, -0.2) is 26.2 Å². The maximum absolute atomic E-state index is 12.3. The predicted octanol–water partition coefficient (Wildman–Crippen LogP) is 2.33. The minimum absolute atomic E-state index is 0.0625. The molecule has 4 nitrogen and oxygen atoms in total. The van der Waals surface area contributed by atoms with Crippen molar-refractivity contribution in [3.05, 3.63) is 28.8 Å². The molecular formula is C13H20ClNO3S. The fourth-order valence-corrected chi connectivity index (χ4v) is 3.77. The lowest BCUT2D eigenvalue weighted by Gasteiger charge is -2.21. The fraction of sp³-hybridized carbons (Fsp3) is 0.538. The summed E-state index contributed by atoms with van der Waals surface area (Å²) in [5, 5.41) is 9.19. The van der Waals surface area contributed by atoms with E-state index in [0.29, 0.717) is 6.42 Å². The highest BCUT2D eigenvalue weighted by Gasteiger charge is 2.24. The van der Waals surface area contributed by atoms with Crippen LogP contribution in [0.15, 0.2) is 23.1 Å². The van der Waals surface area contributed by atoms with Gasteiger partial charge in [-0.15, -0.1) is 0 Å². The summed E-state index contributed by atoms with van der Waals surface area (Å²) in [6.45, 7) is 5.59. The van der Waals surface area contributed by atoms with E-state index in [1.807, 2.05) is 20.8 Å². The van der Waals surface area contributed by atoms with Crippen molar-refractivity contribution in [1.29, 1.82) is 0 Å². The van der Waals surface area contributed by atoms with Gasteiger partial charge < -0.3 is 5.11 Å². The minimum Gasteiger partial charge on any atom is -0.396 e. The highest BCUT2D eigenvalue weighted by molar-refractivity contribution is 7.89. The molecule has 6 heteroatoms. The lowest BCUT2D eigenvalue weighted by Crippen LogP contribution is -2.39. The van der Waals surface area contributed by atoms with Gasteiger partial charge in [0.2, 0.25) is 10.0 Å². The van der Waals surface area contributed by atoms with Crippen LogP contribution in [-0.2, 0) is 10.0 Å². The molecule has 0 saturated carbocycles. The molecule has 1 aromatic rings. The molecule has 0 aliphatic carbocycles. The van der Waals surface area contributed by atoms with E-state index in [9.17, 15) is 8.42 Å². The number of halogens is 1. The molecule has 0 aromatic heterocycles. The lowest BCUT2D eigenvalue weighted by molar-refractivity contribution is 0.256. The molecule has 0 bridgehead atoms. The van der Waals surface area contributed by atoms with Crippen LogP contribution in [0.25, 0.3) is 0 Å². The molecule has 0 heterocycles. The van der Waals surface area contributed by atoms with E-state index in [4.69, 9.17) is 16.7 Å². The highest BCUT2D eigenvalue weighted by Crippen LogP contribution is 2.23. The first kappa shape index (κ1) is 16.4. The Morgan fingerprint density at radius 3 is 2.47 bits per heavy atom. The molecular weight excluding hydrogens is 286 g/mol. The Labute approximate surface area is 119 Å². The largest absolute Gasteiger partial charge is 0.396 e. The number of sulfonamides is 1. The summed E-state index contributed by atoms with van der Waals surface area (Å²) in [5.41, 5.74) is 0.903. The van der Waals surface area contributed by atoms with E-state index in [1.54, 1.807) is 12.1 Å². The van der Waals surface area contributed by atoms with Gasteiger partial charge in [0.1, 0.15) is 4.90 Å². The van der Waals surface area contributed by atoms with Crippen molar-refractivity contribution in [2.45, 2.75) is 38.1 Å². The Kier molecular flexibility index (Phi) is 5.80. The summed E-state index contributed by atoms with van der Waals surface area (Å²) in [6, 6.07) is 4.51. The van der Waals surface area contributed by atoms with Crippen molar-refractivity contribution in [3.8, 4) is 0 Å². The van der Waals surface area contributed by atoms with Crippen molar-refractivity contribution < 1.29 is 13.5 Å². The van der Waals surface area contributed by atoms with E-state index in [2.05, 4.69) is 4.72 Å². The fourth-order valence-electron chi connectivity index (χ4n) is 1.75. The zero-order valence-electron chi connectivity index (χ0n) is 11.4. The Morgan fingerprint density at radius 2 is 2.00 bits per heavy atom. The van der Waals surface area contributed by atoms with Crippen molar-refractivity contribution in [2.75, 3.05) is 6.61 Å². The standard InChI is InChI=1S/C13H20ClNO3S/c1-9(2)12(6-7-16)15-19(17,18)13-5-4-10(3)8-11(13)14/h4-5,8-9,12,15-16H,6-7H2,1-3H3. The van der Waals surface area contributed by atoms with E-state index in [-0.39, 0.29) is 28.5 Å². The van der Waals surface area contributed by atoms with E-state index in [0.717, 1.165) is 5.56 Å². The maximum atomic E-state index is 12.3. The van der Waals surface area contributed by atoms with E-state index in [1.165, 1.54) is 6.07 Å². The van der Waals surface area contributed by atoms with Gasteiger partial charge in [0, 0.05) is 12.6 Å². The van der Waals surface area contributed by atoms with Crippen LogP contribution >= 0.6 is 11.6 Å². The van der Waals surface area contributed by atoms with Gasteiger partial charge in [0.25, 0.3) is 0 Å². The molecule has 0 fully saturated rings. The summed E-state index contributed by atoms with van der Waals surface area (Å²) < 4.78 is 27.2. The topological polar surface area (TPSA) is 66.4 Å². The number of aliphatic hydroxyl groups is 1. The number of nitrogens with one attached hydrogen (secondary N) is 1. The van der Waals surface area contributed by atoms with Crippen molar-refractivity contribution in [3.63, 3.8) is 0 Å². The Balaban J connectivity index is 3.03. The third-order valence-corrected chi connectivity index (χ3v) is 4.90. The van der Waals surface area contributed by atoms with Crippen molar-refractivity contribution >= 4 is 21.6 Å². The molecule has 0 radical (unpaired) electrons. The summed E-state index contributed by atoms with van der Waals surface area (Å²) in [4.78, 5) is 0.0726. The molecule has 2 N–H and O–H groups in total. The molecule has 1 unspecified atom stereocenters. The van der Waals surface area contributed by atoms with Gasteiger partial charge in [-0.25, -0.2) is 13.1 Å². The first-order valence-corrected chi connectivity index (χ1v) is 8.03. The van der Waals surface area contributed by atoms with Crippen LogP contribution in [0.1, 0.15) is 25.8 Å². The molecule has 0 aliphatic rings. The molecule has 19 heavy (non-hydrogen) atoms. The average Bonchev–Trinajstić information content (AvgIpc) is 2.27. The van der Waals surface area contributed by atoms with Gasteiger partial charge >= 0.3 is 0 Å². The Bertz CT molecular complexity index is 529. The SMILES string of the molecule is Cc1ccc(S(=O)(=O)NC(CCO)C(C)C)c(Cl)c1. The van der Waals surface area contributed by atoms with Crippen molar-refractivity contribution in [2.24, 2.45) is 5.92 Å². The normalized spacial score (nSPS) is 13.8. The average molecular weight is 306 g/mol. The molecule has 0 amide bonds. The molecule has 1 rings (SSSR count). The monoisotopic (exact) mass is 305 g/mol. The number of aryl methyl sites for hydroxylation is 1. The highest BCUT2D eigenvalue weighted by atomic mass is 35.5. The molecule has 1 atom stereocenters. The van der Waals surface area contributed by atoms with Crippen LogP contribution in [0.5, 0.6) is 0 Å². The summed E-state index contributed by atoms with van der Waals surface area (Å²) in [7, 11) is -3.67.